The van der Waals surface area contributed by atoms with Crippen molar-refractivity contribution >= 4 is 28.5 Å². The highest BCUT2D eigenvalue weighted by molar-refractivity contribution is 8.17. The number of fused-ring (bicyclic) bond motifs is 2. The quantitative estimate of drug-likeness (QED) is 0.472. The number of aliphatic imine (C=N–C) groups is 2. The van der Waals surface area contributed by atoms with Gasteiger partial charge in [0.15, 0.2) is 17.3 Å². The van der Waals surface area contributed by atoms with Gasteiger partial charge in [-0.1, -0.05) is 17.8 Å². The number of amidine groups is 1. The fourth-order valence-electron chi connectivity index (χ4n) is 4.48. The van der Waals surface area contributed by atoms with Crippen molar-refractivity contribution in [3.05, 3.63) is 64.1 Å². The zero-order chi connectivity index (χ0) is 23.5. The van der Waals surface area contributed by atoms with Crippen molar-refractivity contribution in [1.82, 2.24) is 0 Å². The predicted octanol–water partition coefficient (Wildman–Crippen LogP) is 5.94. The Morgan fingerprint density at radius 3 is 2.47 bits per heavy atom. The van der Waals surface area contributed by atoms with Crippen molar-refractivity contribution in [2.24, 2.45) is 15.9 Å². The summed E-state index contributed by atoms with van der Waals surface area (Å²) < 4.78 is 17.3. The standard InChI is InChI=1S/C27H28N2O4S/c1-3-31-21-14-9-17(15-22(21)32-4-2)16-33-19-12-10-18(11-13-19)25-28-26(30)24-20-7-5-6-8-23(20)34-27(24)29-25/h9-15,24H,3-8,16H2,1-2H3. The summed E-state index contributed by atoms with van der Waals surface area (Å²) in [6.45, 7) is 5.46. The first-order valence-electron chi connectivity index (χ1n) is 11.9. The fraction of sp³-hybridized carbons (Fsp3) is 0.370. The maximum absolute atomic E-state index is 12.8. The average Bonchev–Trinajstić information content (AvgIpc) is 3.24. The van der Waals surface area contributed by atoms with Crippen LogP contribution in [0.1, 0.15) is 50.7 Å². The molecule has 176 valence electrons. The minimum absolute atomic E-state index is 0.0830. The smallest absolute Gasteiger partial charge is 0.261 e. The molecule has 6 nitrogen and oxygen atoms in total. The first kappa shape index (κ1) is 22.7. The number of thioether (sulfide) groups is 1. The molecule has 0 saturated carbocycles. The molecule has 1 amide bonds. The van der Waals surface area contributed by atoms with Crippen LogP contribution < -0.4 is 14.2 Å². The van der Waals surface area contributed by atoms with Crippen LogP contribution in [0.3, 0.4) is 0 Å². The van der Waals surface area contributed by atoms with Gasteiger partial charge in [-0.3, -0.25) is 4.79 Å². The summed E-state index contributed by atoms with van der Waals surface area (Å²) in [6, 6.07) is 13.4. The summed E-state index contributed by atoms with van der Waals surface area (Å²) in [5, 5.41) is 0.892. The number of carbonyl (C=O) groups excluding carboxylic acids is 1. The first-order chi connectivity index (χ1) is 16.7. The van der Waals surface area contributed by atoms with E-state index in [1.54, 1.807) is 11.8 Å². The highest BCUT2D eigenvalue weighted by Gasteiger charge is 2.40. The van der Waals surface area contributed by atoms with Gasteiger partial charge >= 0.3 is 0 Å². The van der Waals surface area contributed by atoms with Crippen LogP contribution in [0, 0.1) is 5.92 Å². The van der Waals surface area contributed by atoms with Gasteiger partial charge in [0.1, 0.15) is 18.3 Å². The van der Waals surface area contributed by atoms with Gasteiger partial charge < -0.3 is 14.2 Å². The molecular formula is C27H28N2O4S. The predicted molar refractivity (Wildman–Crippen MR) is 135 cm³/mol. The van der Waals surface area contributed by atoms with Crippen LogP contribution in [0.4, 0.5) is 0 Å². The molecule has 2 heterocycles. The van der Waals surface area contributed by atoms with Crippen molar-refractivity contribution in [1.29, 1.82) is 0 Å². The topological polar surface area (TPSA) is 69.5 Å². The molecule has 2 aliphatic heterocycles. The third kappa shape index (κ3) is 4.62. The van der Waals surface area contributed by atoms with E-state index < -0.39 is 0 Å². The van der Waals surface area contributed by atoms with Gasteiger partial charge in [0.2, 0.25) is 0 Å². The lowest BCUT2D eigenvalue weighted by molar-refractivity contribution is -0.118. The third-order valence-electron chi connectivity index (χ3n) is 6.09. The summed E-state index contributed by atoms with van der Waals surface area (Å²) in [4.78, 5) is 23.3. The molecule has 2 aromatic rings. The molecule has 0 spiro atoms. The van der Waals surface area contributed by atoms with E-state index >= 15 is 0 Å². The Bertz CT molecular complexity index is 1180. The number of rotatable bonds is 8. The highest BCUT2D eigenvalue weighted by Crippen LogP contribution is 2.47. The highest BCUT2D eigenvalue weighted by atomic mass is 32.2. The van der Waals surface area contributed by atoms with Crippen LogP contribution in [0.5, 0.6) is 17.2 Å². The fourth-order valence-corrected chi connectivity index (χ4v) is 5.82. The third-order valence-corrected chi connectivity index (χ3v) is 7.34. The zero-order valence-electron chi connectivity index (χ0n) is 19.5. The van der Waals surface area contributed by atoms with Gasteiger partial charge in [-0.05, 0) is 92.0 Å². The molecule has 0 N–H and O–H groups in total. The molecule has 5 rings (SSSR count). The van der Waals surface area contributed by atoms with Crippen molar-refractivity contribution in [2.45, 2.75) is 46.1 Å². The van der Waals surface area contributed by atoms with E-state index in [1.807, 2.05) is 56.3 Å². The number of benzene rings is 2. The molecule has 0 radical (unpaired) electrons. The number of allylic oxidation sites excluding steroid dienone is 1. The number of ether oxygens (including phenoxy) is 3. The van der Waals surface area contributed by atoms with Crippen LogP contribution in [-0.4, -0.2) is 30.0 Å². The van der Waals surface area contributed by atoms with Crippen molar-refractivity contribution in [3.63, 3.8) is 0 Å². The second-order valence-electron chi connectivity index (χ2n) is 8.37. The Balaban J connectivity index is 1.25. The summed E-state index contributed by atoms with van der Waals surface area (Å²) in [6.07, 6.45) is 4.40. The average molecular weight is 477 g/mol. The molecule has 1 atom stereocenters. The molecule has 0 bridgehead atoms. The second-order valence-corrected chi connectivity index (χ2v) is 9.49. The Hall–Kier alpha value is -3.06. The van der Waals surface area contributed by atoms with Gasteiger partial charge in [-0.15, -0.1) is 0 Å². The normalized spacial score (nSPS) is 19.2. The van der Waals surface area contributed by atoms with Gasteiger partial charge in [-0.25, -0.2) is 4.99 Å². The van der Waals surface area contributed by atoms with Crippen molar-refractivity contribution in [3.8, 4) is 17.2 Å². The summed E-state index contributed by atoms with van der Waals surface area (Å²) in [5.41, 5.74) is 3.07. The van der Waals surface area contributed by atoms with Crippen LogP contribution in [0.15, 0.2) is 62.9 Å². The number of hydrogen-bond donors (Lipinski definition) is 0. The van der Waals surface area contributed by atoms with Gasteiger partial charge in [0.25, 0.3) is 5.91 Å². The van der Waals surface area contributed by atoms with Crippen molar-refractivity contribution in [2.75, 3.05) is 13.2 Å². The largest absolute Gasteiger partial charge is 0.490 e. The maximum Gasteiger partial charge on any atom is 0.261 e. The molecule has 0 saturated heterocycles. The van der Waals surface area contributed by atoms with Crippen LogP contribution in [0.2, 0.25) is 0 Å². The SMILES string of the molecule is CCOc1ccc(COc2ccc(C3=NC(=O)C4C(=N3)SC3=C4CCCC3)cc2)cc1OCC. The molecule has 0 fully saturated rings. The van der Waals surface area contributed by atoms with Gasteiger partial charge in [0, 0.05) is 5.56 Å². The van der Waals surface area contributed by atoms with E-state index in [0.717, 1.165) is 52.7 Å². The lowest BCUT2D eigenvalue weighted by atomic mass is 9.89. The molecule has 7 heteroatoms. The Morgan fingerprint density at radius 2 is 1.68 bits per heavy atom. The number of hydrogen-bond acceptors (Lipinski definition) is 6. The lowest BCUT2D eigenvalue weighted by Crippen LogP contribution is -2.26. The summed E-state index contributed by atoms with van der Waals surface area (Å²) >= 11 is 1.68. The minimum Gasteiger partial charge on any atom is -0.490 e. The monoisotopic (exact) mass is 476 g/mol. The molecular weight excluding hydrogens is 448 g/mol. The van der Waals surface area contributed by atoms with Gasteiger partial charge in [0.05, 0.1) is 18.3 Å². The Labute approximate surface area is 204 Å². The second kappa shape index (κ2) is 10.1. The van der Waals surface area contributed by atoms with E-state index in [-0.39, 0.29) is 11.8 Å². The summed E-state index contributed by atoms with van der Waals surface area (Å²) in [5.74, 6) is 2.36. The summed E-state index contributed by atoms with van der Waals surface area (Å²) in [7, 11) is 0. The van der Waals surface area contributed by atoms with Crippen LogP contribution in [0.25, 0.3) is 0 Å². The number of nitrogens with zero attached hydrogens (tertiary/aromatic N) is 2. The van der Waals surface area contributed by atoms with E-state index in [2.05, 4.69) is 4.99 Å². The molecule has 3 aliphatic rings. The molecule has 1 unspecified atom stereocenters. The molecule has 2 aromatic carbocycles. The Morgan fingerprint density at radius 1 is 0.912 bits per heavy atom. The zero-order valence-corrected chi connectivity index (χ0v) is 20.3. The van der Waals surface area contributed by atoms with E-state index in [4.69, 9.17) is 19.2 Å². The van der Waals surface area contributed by atoms with Crippen molar-refractivity contribution < 1.29 is 19.0 Å². The van der Waals surface area contributed by atoms with Crippen LogP contribution in [-0.2, 0) is 11.4 Å². The Kier molecular flexibility index (Phi) is 6.72. The molecule has 1 aliphatic carbocycles. The van der Waals surface area contributed by atoms with E-state index in [0.29, 0.717) is 25.7 Å². The maximum atomic E-state index is 12.8. The van der Waals surface area contributed by atoms with E-state index in [9.17, 15) is 4.79 Å². The number of amides is 1. The van der Waals surface area contributed by atoms with Crippen LogP contribution >= 0.6 is 11.8 Å². The van der Waals surface area contributed by atoms with E-state index in [1.165, 1.54) is 16.9 Å². The molecule has 0 aromatic heterocycles. The first-order valence-corrected chi connectivity index (χ1v) is 12.7. The lowest BCUT2D eigenvalue weighted by Gasteiger charge is -2.18. The van der Waals surface area contributed by atoms with Gasteiger partial charge in [-0.2, -0.15) is 4.99 Å². The molecule has 34 heavy (non-hydrogen) atoms. The minimum atomic E-state index is -0.234. The number of carbonyl (C=O) groups is 1.